The zero-order valence-corrected chi connectivity index (χ0v) is 21.0. The number of aromatic nitrogens is 2. The number of nitrogens with zero attached hydrogens (tertiary/aromatic N) is 2. The summed E-state index contributed by atoms with van der Waals surface area (Å²) in [6, 6.07) is 23.5. The van der Waals surface area contributed by atoms with Crippen LogP contribution in [0.4, 0.5) is 0 Å². The van der Waals surface area contributed by atoms with Gasteiger partial charge in [0.1, 0.15) is 11.8 Å². The molecule has 2 aromatic heterocycles. The van der Waals surface area contributed by atoms with Crippen LogP contribution in [0.25, 0.3) is 10.9 Å². The first-order valence-corrected chi connectivity index (χ1v) is 12.6. The molecule has 0 spiro atoms. The molecular weight excluding hydrogens is 512 g/mol. The largest absolute Gasteiger partial charge is 0.480 e. The fourth-order valence-electron chi connectivity index (χ4n) is 4.19. The highest BCUT2D eigenvalue weighted by molar-refractivity contribution is 7.99. The van der Waals surface area contributed by atoms with E-state index in [0.717, 1.165) is 14.4 Å². The molecule has 0 aliphatic heterocycles. The summed E-state index contributed by atoms with van der Waals surface area (Å²) < 4.78 is 7.68. The van der Waals surface area contributed by atoms with Crippen LogP contribution in [0.5, 0.6) is 0 Å². The quantitative estimate of drug-likeness (QED) is 0.284. The molecule has 0 radical (unpaired) electrons. The molecule has 2 heterocycles. The maximum absolute atomic E-state index is 13.7. The van der Waals surface area contributed by atoms with Gasteiger partial charge in [0.25, 0.3) is 5.56 Å². The number of hydrogen-bond acceptors (Lipinski definition) is 5. The summed E-state index contributed by atoms with van der Waals surface area (Å²) in [4.78, 5) is 41.4. The van der Waals surface area contributed by atoms with Gasteiger partial charge < -0.3 is 9.52 Å². The fourth-order valence-corrected chi connectivity index (χ4v) is 5.17. The Bertz CT molecular complexity index is 1680. The van der Waals surface area contributed by atoms with Gasteiger partial charge in [0.2, 0.25) is 0 Å². The molecule has 1 atom stereocenters. The van der Waals surface area contributed by atoms with Gasteiger partial charge in [0.15, 0.2) is 0 Å². The number of fused-ring (bicyclic) bond motifs is 1. The highest BCUT2D eigenvalue weighted by atomic mass is 35.5. The molecule has 37 heavy (non-hydrogen) atoms. The number of hydrogen-bond donors (Lipinski definition) is 1. The summed E-state index contributed by atoms with van der Waals surface area (Å²) in [6.45, 7) is 0.0456. The molecule has 1 unspecified atom stereocenters. The molecule has 0 saturated carbocycles. The fraction of sp³-hybridized carbons (Fsp3) is 0.107. The molecule has 0 fully saturated rings. The number of halogens is 1. The van der Waals surface area contributed by atoms with Crippen LogP contribution in [0.15, 0.2) is 115 Å². The van der Waals surface area contributed by atoms with Crippen molar-refractivity contribution in [3.8, 4) is 0 Å². The minimum Gasteiger partial charge on any atom is -0.480 e. The van der Waals surface area contributed by atoms with Crippen LogP contribution in [0, 0.1) is 0 Å². The van der Waals surface area contributed by atoms with Crippen LogP contribution in [-0.4, -0.2) is 20.2 Å². The van der Waals surface area contributed by atoms with E-state index in [9.17, 15) is 19.5 Å². The van der Waals surface area contributed by atoms with Crippen molar-refractivity contribution in [1.82, 2.24) is 9.13 Å². The van der Waals surface area contributed by atoms with E-state index in [4.69, 9.17) is 16.0 Å². The number of aliphatic carboxylic acids is 1. The van der Waals surface area contributed by atoms with Crippen molar-refractivity contribution in [2.45, 2.75) is 28.8 Å². The minimum absolute atomic E-state index is 0.0171. The summed E-state index contributed by atoms with van der Waals surface area (Å²) in [5, 5.41) is 10.9. The van der Waals surface area contributed by atoms with Crippen molar-refractivity contribution < 1.29 is 14.3 Å². The van der Waals surface area contributed by atoms with E-state index in [-0.39, 0.29) is 18.4 Å². The summed E-state index contributed by atoms with van der Waals surface area (Å²) >= 11 is 7.42. The maximum Gasteiger partial charge on any atom is 0.332 e. The minimum atomic E-state index is -1.39. The number of benzene rings is 3. The zero-order valence-electron chi connectivity index (χ0n) is 19.4. The smallest absolute Gasteiger partial charge is 0.332 e. The van der Waals surface area contributed by atoms with E-state index in [1.807, 2.05) is 24.3 Å². The molecule has 0 amide bonds. The van der Waals surface area contributed by atoms with E-state index in [1.54, 1.807) is 60.7 Å². The van der Waals surface area contributed by atoms with Crippen LogP contribution >= 0.6 is 23.4 Å². The van der Waals surface area contributed by atoms with Gasteiger partial charge in [-0.05, 0) is 60.2 Å². The summed E-state index contributed by atoms with van der Waals surface area (Å²) in [5.41, 5.74) is -0.272. The molecule has 5 rings (SSSR count). The molecular formula is C28H21ClN2O5S. The average Bonchev–Trinajstić information content (AvgIpc) is 3.41. The monoisotopic (exact) mass is 532 g/mol. The summed E-state index contributed by atoms with van der Waals surface area (Å²) in [7, 11) is 0. The van der Waals surface area contributed by atoms with Gasteiger partial charge >= 0.3 is 11.7 Å². The van der Waals surface area contributed by atoms with Gasteiger partial charge in [0, 0.05) is 21.2 Å². The van der Waals surface area contributed by atoms with Gasteiger partial charge in [-0.25, -0.2) is 14.2 Å². The van der Waals surface area contributed by atoms with Crippen molar-refractivity contribution in [1.29, 1.82) is 0 Å². The Hall–Kier alpha value is -4.01. The van der Waals surface area contributed by atoms with Crippen molar-refractivity contribution >= 4 is 40.2 Å². The third kappa shape index (κ3) is 5.26. The number of carbonyl (C=O) groups is 1. The Labute approximate surface area is 220 Å². The number of rotatable bonds is 8. The first-order chi connectivity index (χ1) is 17.9. The van der Waals surface area contributed by atoms with Crippen molar-refractivity contribution in [3.05, 3.63) is 128 Å². The number of carboxylic acid groups (broad SMARTS) is 1. The molecule has 7 nitrogen and oxygen atoms in total. The number of furan rings is 1. The van der Waals surface area contributed by atoms with Gasteiger partial charge in [0.05, 0.1) is 23.7 Å². The third-order valence-electron chi connectivity index (χ3n) is 5.96. The molecule has 3 aromatic carbocycles. The lowest BCUT2D eigenvalue weighted by Gasteiger charge is -2.19. The maximum atomic E-state index is 13.7. The average molecular weight is 533 g/mol. The van der Waals surface area contributed by atoms with Gasteiger partial charge in [-0.3, -0.25) is 9.36 Å². The lowest BCUT2D eigenvalue weighted by atomic mass is 10.1. The standard InChI is InChI=1S/C28H21ClN2O5S/c29-19-8-10-21(11-9-19)37-22-12-13-24-23(16-22)26(32)31(28(35)30(24)17-20-7-4-14-36-20)25(27(33)34)15-18-5-2-1-3-6-18/h1-14,16,25H,15,17H2,(H,33,34). The second-order valence-corrected chi connectivity index (χ2v) is 9.99. The molecule has 9 heteroatoms. The van der Waals surface area contributed by atoms with Crippen molar-refractivity contribution in [2.75, 3.05) is 0 Å². The molecule has 0 aliphatic carbocycles. The molecule has 5 aromatic rings. The second-order valence-electron chi connectivity index (χ2n) is 8.40. The Morgan fingerprint density at radius 2 is 1.68 bits per heavy atom. The highest BCUT2D eigenvalue weighted by Crippen LogP contribution is 2.30. The van der Waals surface area contributed by atoms with Crippen molar-refractivity contribution in [3.63, 3.8) is 0 Å². The van der Waals surface area contributed by atoms with E-state index in [1.165, 1.54) is 22.6 Å². The summed E-state index contributed by atoms with van der Waals surface area (Å²) in [5.74, 6) is -0.762. The van der Waals surface area contributed by atoms with Crippen LogP contribution in [0.1, 0.15) is 17.4 Å². The Kier molecular flexibility index (Phi) is 7.03. The lowest BCUT2D eigenvalue weighted by Crippen LogP contribution is -2.45. The molecule has 1 N–H and O–H groups in total. The van der Waals surface area contributed by atoms with Gasteiger partial charge in [-0.15, -0.1) is 0 Å². The Balaban J connectivity index is 1.69. The Morgan fingerprint density at radius 3 is 2.35 bits per heavy atom. The van der Waals surface area contributed by atoms with E-state index in [2.05, 4.69) is 0 Å². The van der Waals surface area contributed by atoms with E-state index >= 15 is 0 Å². The molecule has 0 bridgehead atoms. The van der Waals surface area contributed by atoms with Crippen LogP contribution in [0.3, 0.4) is 0 Å². The lowest BCUT2D eigenvalue weighted by molar-refractivity contribution is -0.141. The van der Waals surface area contributed by atoms with E-state index < -0.39 is 23.3 Å². The normalized spacial score (nSPS) is 12.0. The zero-order chi connectivity index (χ0) is 25.9. The summed E-state index contributed by atoms with van der Waals surface area (Å²) in [6.07, 6.45) is 1.48. The predicted octanol–water partition coefficient (Wildman–Crippen LogP) is 5.48. The second kappa shape index (κ2) is 10.5. The van der Waals surface area contributed by atoms with E-state index in [0.29, 0.717) is 21.9 Å². The van der Waals surface area contributed by atoms with Gasteiger partial charge in [-0.2, -0.15) is 0 Å². The first kappa shape index (κ1) is 24.7. The van der Waals surface area contributed by atoms with Crippen LogP contribution < -0.4 is 11.2 Å². The molecule has 0 saturated heterocycles. The Morgan fingerprint density at radius 1 is 0.946 bits per heavy atom. The molecule has 0 aliphatic rings. The highest BCUT2D eigenvalue weighted by Gasteiger charge is 2.27. The molecule has 186 valence electrons. The SMILES string of the molecule is O=C(O)C(Cc1ccccc1)n1c(=O)c2cc(Sc3ccc(Cl)cc3)ccc2n(Cc2ccco2)c1=O. The van der Waals surface area contributed by atoms with Crippen molar-refractivity contribution in [2.24, 2.45) is 0 Å². The topological polar surface area (TPSA) is 94.4 Å². The third-order valence-corrected chi connectivity index (χ3v) is 7.21. The van der Waals surface area contributed by atoms with Crippen LogP contribution in [-0.2, 0) is 17.8 Å². The first-order valence-electron chi connectivity index (χ1n) is 11.4. The number of carboxylic acids is 1. The van der Waals surface area contributed by atoms with Crippen LogP contribution in [0.2, 0.25) is 5.02 Å². The van der Waals surface area contributed by atoms with Gasteiger partial charge in [-0.1, -0.05) is 53.7 Å². The predicted molar refractivity (Wildman–Crippen MR) is 143 cm³/mol.